The molecule has 2 heterocycles. The number of nitrogens with zero attached hydrogens (tertiary/aromatic N) is 1. The zero-order valence-electron chi connectivity index (χ0n) is 8.38. The minimum atomic E-state index is 0.859. The molecular weight excluding hydrogens is 274 g/mol. The summed E-state index contributed by atoms with van der Waals surface area (Å²) < 4.78 is 1.18. The lowest BCUT2D eigenvalue weighted by atomic mass is 10.2. The fraction of sp³-hybridized carbons (Fsp3) is 0.300. The molecule has 2 N–H and O–H groups in total. The van der Waals surface area contributed by atoms with Crippen LogP contribution in [0.1, 0.15) is 16.1 Å². The Labute approximate surface area is 101 Å². The monoisotopic (exact) mass is 285 g/mol. The van der Waals surface area contributed by atoms with Crippen LogP contribution < -0.4 is 5.32 Å². The normalized spacial score (nSPS) is 10.8. The van der Waals surface area contributed by atoms with Crippen LogP contribution in [0.5, 0.6) is 0 Å². The van der Waals surface area contributed by atoms with Crippen LogP contribution in [0.2, 0.25) is 0 Å². The molecule has 0 spiro atoms. The first-order valence-corrected chi connectivity index (χ1v) is 6.30. The van der Waals surface area contributed by atoms with Gasteiger partial charge in [-0.3, -0.25) is 5.10 Å². The van der Waals surface area contributed by atoms with Gasteiger partial charge in [-0.15, -0.1) is 11.3 Å². The summed E-state index contributed by atoms with van der Waals surface area (Å²) in [4.78, 5) is 1.34. The Kier molecular flexibility index (Phi) is 3.56. The van der Waals surface area contributed by atoms with E-state index in [4.69, 9.17) is 0 Å². The summed E-state index contributed by atoms with van der Waals surface area (Å²) >= 11 is 5.21. The molecule has 0 radical (unpaired) electrons. The molecule has 2 aromatic rings. The minimum absolute atomic E-state index is 0.859. The van der Waals surface area contributed by atoms with Crippen molar-refractivity contribution >= 4 is 27.3 Å². The van der Waals surface area contributed by atoms with Gasteiger partial charge in [-0.25, -0.2) is 0 Å². The highest BCUT2D eigenvalue weighted by molar-refractivity contribution is 9.11. The quantitative estimate of drug-likeness (QED) is 0.907. The lowest BCUT2D eigenvalue weighted by Gasteiger charge is -2.01. The number of thiophene rings is 1. The maximum absolute atomic E-state index is 3.98. The van der Waals surface area contributed by atoms with E-state index in [1.54, 1.807) is 11.3 Å². The highest BCUT2D eigenvalue weighted by Gasteiger charge is 2.00. The van der Waals surface area contributed by atoms with Gasteiger partial charge in [0.25, 0.3) is 0 Å². The predicted octanol–water partition coefficient (Wildman–Crippen LogP) is 2.83. The summed E-state index contributed by atoms with van der Waals surface area (Å²) in [5.74, 6) is 0. The van der Waals surface area contributed by atoms with Crippen molar-refractivity contribution in [2.24, 2.45) is 0 Å². The van der Waals surface area contributed by atoms with Crippen molar-refractivity contribution in [3.05, 3.63) is 38.3 Å². The van der Waals surface area contributed by atoms with Crippen LogP contribution in [-0.4, -0.2) is 10.2 Å². The molecule has 0 aliphatic rings. The third kappa shape index (κ3) is 2.90. The summed E-state index contributed by atoms with van der Waals surface area (Å²) in [5.41, 5.74) is 2.36. The number of aromatic amines is 1. The maximum Gasteiger partial charge on any atom is 0.0701 e. The molecule has 0 saturated carbocycles. The lowest BCUT2D eigenvalue weighted by molar-refractivity contribution is 0.698. The Morgan fingerprint density at radius 3 is 2.93 bits per heavy atom. The van der Waals surface area contributed by atoms with Crippen LogP contribution in [0.25, 0.3) is 0 Å². The van der Waals surface area contributed by atoms with E-state index in [0.717, 1.165) is 18.8 Å². The first kappa shape index (κ1) is 10.9. The lowest BCUT2D eigenvalue weighted by Crippen LogP contribution is -2.11. The summed E-state index contributed by atoms with van der Waals surface area (Å²) in [6, 6.07) is 4.20. The van der Waals surface area contributed by atoms with Crippen LogP contribution in [0.3, 0.4) is 0 Å². The third-order valence-electron chi connectivity index (χ3n) is 2.18. The van der Waals surface area contributed by atoms with E-state index in [1.165, 1.54) is 14.2 Å². The molecule has 0 saturated heterocycles. The number of hydrogen-bond acceptors (Lipinski definition) is 3. The van der Waals surface area contributed by atoms with Crippen molar-refractivity contribution in [2.45, 2.75) is 20.0 Å². The molecule has 0 unspecified atom stereocenters. The number of aryl methyl sites for hydroxylation is 1. The van der Waals surface area contributed by atoms with Crippen molar-refractivity contribution < 1.29 is 0 Å². The first-order chi connectivity index (χ1) is 7.25. The van der Waals surface area contributed by atoms with Crippen molar-refractivity contribution in [3.8, 4) is 0 Å². The first-order valence-electron chi connectivity index (χ1n) is 4.69. The molecule has 0 atom stereocenters. The highest BCUT2D eigenvalue weighted by Crippen LogP contribution is 2.21. The molecule has 15 heavy (non-hydrogen) atoms. The van der Waals surface area contributed by atoms with E-state index in [2.05, 4.69) is 43.6 Å². The Balaban J connectivity index is 1.83. The number of hydrogen-bond donors (Lipinski definition) is 2. The largest absolute Gasteiger partial charge is 0.308 e. The van der Waals surface area contributed by atoms with Gasteiger partial charge in [0, 0.05) is 29.2 Å². The van der Waals surface area contributed by atoms with E-state index < -0.39 is 0 Å². The van der Waals surface area contributed by atoms with E-state index in [0.29, 0.717) is 0 Å². The summed E-state index contributed by atoms with van der Waals surface area (Å²) in [6.07, 6.45) is 1.87. The molecule has 5 heteroatoms. The van der Waals surface area contributed by atoms with E-state index >= 15 is 0 Å². The number of aromatic nitrogens is 2. The van der Waals surface area contributed by atoms with Crippen LogP contribution >= 0.6 is 27.3 Å². The van der Waals surface area contributed by atoms with Crippen molar-refractivity contribution in [2.75, 3.05) is 0 Å². The molecule has 3 nitrogen and oxygen atoms in total. The maximum atomic E-state index is 3.98. The average molecular weight is 286 g/mol. The molecule has 80 valence electrons. The van der Waals surface area contributed by atoms with E-state index in [1.807, 2.05) is 13.1 Å². The van der Waals surface area contributed by atoms with Crippen molar-refractivity contribution in [1.29, 1.82) is 0 Å². The zero-order valence-corrected chi connectivity index (χ0v) is 10.8. The summed E-state index contributed by atoms with van der Waals surface area (Å²) in [7, 11) is 0. The fourth-order valence-electron chi connectivity index (χ4n) is 1.32. The highest BCUT2D eigenvalue weighted by atomic mass is 79.9. The van der Waals surface area contributed by atoms with E-state index in [-0.39, 0.29) is 0 Å². The Bertz CT molecular complexity index is 435. The SMILES string of the molecule is Cc1[nH]ncc1CNCc1ccc(Br)s1. The van der Waals surface area contributed by atoms with Crippen LogP contribution in [-0.2, 0) is 13.1 Å². The van der Waals surface area contributed by atoms with Gasteiger partial charge >= 0.3 is 0 Å². The number of nitrogens with one attached hydrogen (secondary N) is 2. The van der Waals surface area contributed by atoms with Gasteiger partial charge in [0.15, 0.2) is 0 Å². The van der Waals surface area contributed by atoms with Gasteiger partial charge in [-0.2, -0.15) is 5.10 Å². The van der Waals surface area contributed by atoms with Gasteiger partial charge < -0.3 is 5.32 Å². The molecule has 2 aromatic heterocycles. The van der Waals surface area contributed by atoms with E-state index in [9.17, 15) is 0 Å². The molecule has 0 aromatic carbocycles. The number of H-pyrrole nitrogens is 1. The second-order valence-electron chi connectivity index (χ2n) is 3.33. The van der Waals surface area contributed by atoms with Gasteiger partial charge in [0.2, 0.25) is 0 Å². The molecule has 0 amide bonds. The Morgan fingerprint density at radius 2 is 2.33 bits per heavy atom. The van der Waals surface area contributed by atoms with Crippen LogP contribution in [0.15, 0.2) is 22.1 Å². The van der Waals surface area contributed by atoms with Crippen molar-refractivity contribution in [3.63, 3.8) is 0 Å². The Hall–Kier alpha value is -0.650. The second kappa shape index (κ2) is 4.92. The topological polar surface area (TPSA) is 40.7 Å². The summed E-state index contributed by atoms with van der Waals surface area (Å²) in [5, 5.41) is 10.3. The fourth-order valence-corrected chi connectivity index (χ4v) is 2.77. The summed E-state index contributed by atoms with van der Waals surface area (Å²) in [6.45, 7) is 3.80. The van der Waals surface area contributed by atoms with Gasteiger partial charge in [-0.05, 0) is 35.0 Å². The van der Waals surface area contributed by atoms with Gasteiger partial charge in [0.05, 0.1) is 9.98 Å². The number of rotatable bonds is 4. The minimum Gasteiger partial charge on any atom is -0.308 e. The molecule has 0 bridgehead atoms. The van der Waals surface area contributed by atoms with Crippen molar-refractivity contribution in [1.82, 2.24) is 15.5 Å². The smallest absolute Gasteiger partial charge is 0.0701 e. The van der Waals surface area contributed by atoms with Crippen LogP contribution in [0.4, 0.5) is 0 Å². The number of halogens is 1. The zero-order chi connectivity index (χ0) is 10.7. The van der Waals surface area contributed by atoms with Gasteiger partial charge in [0.1, 0.15) is 0 Å². The molecule has 0 aliphatic heterocycles. The predicted molar refractivity (Wildman–Crippen MR) is 65.9 cm³/mol. The molecular formula is C10H12BrN3S. The second-order valence-corrected chi connectivity index (χ2v) is 5.88. The molecule has 0 fully saturated rings. The molecule has 2 rings (SSSR count). The molecule has 0 aliphatic carbocycles. The van der Waals surface area contributed by atoms with Crippen LogP contribution in [0, 0.1) is 6.92 Å². The average Bonchev–Trinajstić information content (AvgIpc) is 2.77. The van der Waals surface area contributed by atoms with Gasteiger partial charge in [-0.1, -0.05) is 0 Å². The Morgan fingerprint density at radius 1 is 1.47 bits per heavy atom. The third-order valence-corrected chi connectivity index (χ3v) is 3.80. The standard InChI is InChI=1S/C10H12BrN3S/c1-7-8(5-13-14-7)4-12-6-9-2-3-10(11)15-9/h2-3,5,12H,4,6H2,1H3,(H,13,14).